The summed E-state index contributed by atoms with van der Waals surface area (Å²) in [6.45, 7) is 3.44. The van der Waals surface area contributed by atoms with Crippen molar-refractivity contribution in [3.63, 3.8) is 0 Å². The number of aromatic nitrogens is 1. The lowest BCUT2D eigenvalue weighted by Crippen LogP contribution is -2.02. The Morgan fingerprint density at radius 3 is 2.76 bits per heavy atom. The highest BCUT2D eigenvalue weighted by molar-refractivity contribution is 6.39. The van der Waals surface area contributed by atoms with Gasteiger partial charge in [-0.05, 0) is 38.1 Å². The molecule has 0 radical (unpaired) electrons. The van der Waals surface area contributed by atoms with E-state index in [9.17, 15) is 4.79 Å². The average molecular weight is 326 g/mol. The molecule has 0 aliphatic carbocycles. The second-order valence-electron chi connectivity index (χ2n) is 4.52. The molecule has 0 spiro atoms. The van der Waals surface area contributed by atoms with Crippen LogP contribution in [-0.2, 0) is 4.79 Å². The summed E-state index contributed by atoms with van der Waals surface area (Å²) in [5.74, 6) is -0.589. The van der Waals surface area contributed by atoms with Gasteiger partial charge in [0.15, 0.2) is 5.75 Å². The SMILES string of the molecule is CC(=CCOc1c(Cl)cc(Cl)c2ccc(C)nc12)C(=O)O. The van der Waals surface area contributed by atoms with Crippen molar-refractivity contribution in [1.82, 2.24) is 4.98 Å². The van der Waals surface area contributed by atoms with Crippen LogP contribution in [0.4, 0.5) is 0 Å². The van der Waals surface area contributed by atoms with E-state index < -0.39 is 5.97 Å². The van der Waals surface area contributed by atoms with Crippen LogP contribution >= 0.6 is 23.2 Å². The van der Waals surface area contributed by atoms with Crippen molar-refractivity contribution < 1.29 is 14.6 Å². The lowest BCUT2D eigenvalue weighted by Gasteiger charge is -2.11. The number of ether oxygens (including phenoxy) is 1. The molecule has 110 valence electrons. The minimum atomic E-state index is -0.986. The number of benzene rings is 1. The van der Waals surface area contributed by atoms with Crippen molar-refractivity contribution >= 4 is 40.1 Å². The number of carboxylic acids is 1. The zero-order valence-electron chi connectivity index (χ0n) is 11.5. The summed E-state index contributed by atoms with van der Waals surface area (Å²) in [4.78, 5) is 15.1. The van der Waals surface area contributed by atoms with E-state index in [1.54, 1.807) is 6.07 Å². The van der Waals surface area contributed by atoms with Crippen LogP contribution in [0, 0.1) is 6.92 Å². The maximum absolute atomic E-state index is 10.7. The Hall–Kier alpha value is -1.78. The van der Waals surface area contributed by atoms with Gasteiger partial charge in [0.05, 0.1) is 10.0 Å². The third-order valence-corrected chi connectivity index (χ3v) is 3.53. The largest absolute Gasteiger partial charge is 0.486 e. The number of aryl methyl sites for hydroxylation is 1. The van der Waals surface area contributed by atoms with Gasteiger partial charge in [-0.15, -0.1) is 0 Å². The summed E-state index contributed by atoms with van der Waals surface area (Å²) in [7, 11) is 0. The number of nitrogens with zero attached hydrogens (tertiary/aromatic N) is 1. The van der Waals surface area contributed by atoms with Crippen LogP contribution in [0.15, 0.2) is 29.8 Å². The maximum Gasteiger partial charge on any atom is 0.331 e. The Kier molecular flexibility index (Phi) is 4.70. The lowest BCUT2D eigenvalue weighted by atomic mass is 10.2. The molecule has 0 aliphatic rings. The Bertz CT molecular complexity index is 741. The van der Waals surface area contributed by atoms with Gasteiger partial charge in [0.2, 0.25) is 0 Å². The van der Waals surface area contributed by atoms with Gasteiger partial charge in [-0.1, -0.05) is 23.2 Å². The summed E-state index contributed by atoms with van der Waals surface area (Å²) in [5.41, 5.74) is 1.57. The van der Waals surface area contributed by atoms with Crippen LogP contribution in [0.3, 0.4) is 0 Å². The normalized spacial score (nSPS) is 11.7. The van der Waals surface area contributed by atoms with Gasteiger partial charge in [-0.3, -0.25) is 0 Å². The van der Waals surface area contributed by atoms with Gasteiger partial charge >= 0.3 is 5.97 Å². The van der Waals surface area contributed by atoms with Crippen LogP contribution in [0.5, 0.6) is 5.75 Å². The molecule has 1 heterocycles. The lowest BCUT2D eigenvalue weighted by molar-refractivity contribution is -0.132. The standard InChI is InChI=1S/C15H13Cl2NO3/c1-8(15(19)20)5-6-21-14-12(17)7-11(16)10-4-3-9(2)18-13(10)14/h3-5,7H,6H2,1-2H3,(H,19,20). The maximum atomic E-state index is 10.7. The van der Waals surface area contributed by atoms with E-state index in [4.69, 9.17) is 33.0 Å². The van der Waals surface area contributed by atoms with Crippen LogP contribution in [-0.4, -0.2) is 22.7 Å². The first kappa shape index (κ1) is 15.6. The highest BCUT2D eigenvalue weighted by Gasteiger charge is 2.13. The van der Waals surface area contributed by atoms with Crippen LogP contribution in [0.1, 0.15) is 12.6 Å². The summed E-state index contributed by atoms with van der Waals surface area (Å²) in [6.07, 6.45) is 1.47. The molecule has 0 saturated carbocycles. The topological polar surface area (TPSA) is 59.4 Å². The second-order valence-corrected chi connectivity index (χ2v) is 5.34. The molecule has 4 nitrogen and oxygen atoms in total. The predicted molar refractivity (Wildman–Crippen MR) is 83.4 cm³/mol. The zero-order valence-corrected chi connectivity index (χ0v) is 13.0. The first-order valence-electron chi connectivity index (χ1n) is 6.18. The molecule has 0 amide bonds. The zero-order chi connectivity index (χ0) is 15.6. The summed E-state index contributed by atoms with van der Waals surface area (Å²) < 4.78 is 5.59. The van der Waals surface area contributed by atoms with Crippen molar-refractivity contribution in [2.24, 2.45) is 0 Å². The number of aliphatic carboxylic acids is 1. The average Bonchev–Trinajstić information content (AvgIpc) is 2.41. The van der Waals surface area contributed by atoms with E-state index >= 15 is 0 Å². The van der Waals surface area contributed by atoms with Crippen molar-refractivity contribution in [2.45, 2.75) is 13.8 Å². The first-order valence-corrected chi connectivity index (χ1v) is 6.94. The third kappa shape index (κ3) is 3.46. The predicted octanol–water partition coefficient (Wildman–Crippen LogP) is 4.26. The molecule has 0 saturated heterocycles. The summed E-state index contributed by atoms with van der Waals surface area (Å²) >= 11 is 12.3. The molecule has 1 aromatic heterocycles. The molecule has 0 bridgehead atoms. The van der Waals surface area contributed by atoms with Crippen molar-refractivity contribution in [3.8, 4) is 5.75 Å². The van der Waals surface area contributed by atoms with Crippen LogP contribution in [0.25, 0.3) is 10.9 Å². The molecule has 0 atom stereocenters. The fraction of sp³-hybridized carbons (Fsp3) is 0.200. The monoisotopic (exact) mass is 325 g/mol. The molecule has 0 fully saturated rings. The molecule has 1 aromatic carbocycles. The summed E-state index contributed by atoms with van der Waals surface area (Å²) in [6, 6.07) is 5.29. The number of fused-ring (bicyclic) bond motifs is 1. The Morgan fingerprint density at radius 1 is 1.38 bits per heavy atom. The molecule has 0 aliphatic heterocycles. The fourth-order valence-corrected chi connectivity index (χ4v) is 2.34. The number of rotatable bonds is 4. The van der Waals surface area contributed by atoms with E-state index in [0.717, 1.165) is 11.1 Å². The first-order chi connectivity index (χ1) is 9.90. The Morgan fingerprint density at radius 2 is 2.10 bits per heavy atom. The van der Waals surface area contributed by atoms with Crippen molar-refractivity contribution in [2.75, 3.05) is 6.61 Å². The highest BCUT2D eigenvalue weighted by atomic mass is 35.5. The Labute approximate surface area is 132 Å². The number of halogens is 2. The molecule has 1 N–H and O–H groups in total. The third-order valence-electron chi connectivity index (χ3n) is 2.93. The molecule has 21 heavy (non-hydrogen) atoms. The minimum absolute atomic E-state index is 0.0875. The van der Waals surface area contributed by atoms with Gasteiger partial charge in [0.25, 0.3) is 0 Å². The summed E-state index contributed by atoms with van der Waals surface area (Å²) in [5, 5.41) is 10.4. The van der Waals surface area contributed by atoms with E-state index in [-0.39, 0.29) is 12.2 Å². The van der Waals surface area contributed by atoms with Gasteiger partial charge in [0.1, 0.15) is 12.1 Å². The molecular formula is C15H13Cl2NO3. The van der Waals surface area contributed by atoms with Gasteiger partial charge in [0, 0.05) is 16.7 Å². The second kappa shape index (κ2) is 6.33. The quantitative estimate of drug-likeness (QED) is 0.853. The van der Waals surface area contributed by atoms with Crippen molar-refractivity contribution in [3.05, 3.63) is 45.6 Å². The molecule has 2 aromatic rings. The number of carboxylic acid groups (broad SMARTS) is 1. The highest BCUT2D eigenvalue weighted by Crippen LogP contribution is 2.37. The van der Waals surface area contributed by atoms with Crippen LogP contribution in [0.2, 0.25) is 10.0 Å². The van der Waals surface area contributed by atoms with Crippen LogP contribution < -0.4 is 4.74 Å². The number of pyridine rings is 1. The van der Waals surface area contributed by atoms with Gasteiger partial charge in [-0.25, -0.2) is 9.78 Å². The molecule has 6 heteroatoms. The fourth-order valence-electron chi connectivity index (χ4n) is 1.76. The van der Waals surface area contributed by atoms with E-state index in [1.165, 1.54) is 13.0 Å². The molecule has 0 unspecified atom stereocenters. The molecular weight excluding hydrogens is 313 g/mol. The van der Waals surface area contributed by atoms with Crippen molar-refractivity contribution in [1.29, 1.82) is 0 Å². The minimum Gasteiger partial charge on any atom is -0.486 e. The van der Waals surface area contributed by atoms with Gasteiger partial charge in [-0.2, -0.15) is 0 Å². The number of carbonyl (C=O) groups is 1. The van der Waals surface area contributed by atoms with Gasteiger partial charge < -0.3 is 9.84 Å². The van der Waals surface area contributed by atoms with E-state index in [2.05, 4.69) is 4.98 Å². The number of hydrogen-bond donors (Lipinski definition) is 1. The van der Waals surface area contributed by atoms with E-state index in [0.29, 0.717) is 21.3 Å². The Balaban J connectivity index is 2.41. The smallest absolute Gasteiger partial charge is 0.331 e. The van der Waals surface area contributed by atoms with E-state index in [1.807, 2.05) is 19.1 Å². The number of hydrogen-bond acceptors (Lipinski definition) is 3. The molecule has 2 rings (SSSR count).